The lowest BCUT2D eigenvalue weighted by atomic mass is 10.2. The van der Waals surface area contributed by atoms with Gasteiger partial charge in [0.25, 0.3) is 0 Å². The lowest BCUT2D eigenvalue weighted by Crippen LogP contribution is -2.10. The van der Waals surface area contributed by atoms with Gasteiger partial charge in [-0.3, -0.25) is 9.78 Å². The molecule has 0 aromatic heterocycles. The quantitative estimate of drug-likeness (QED) is 0.0345. The van der Waals surface area contributed by atoms with Gasteiger partial charge in [-0.1, -0.05) is 137 Å². The van der Waals surface area contributed by atoms with E-state index in [2.05, 4.69) is 126 Å². The molecule has 0 saturated carbocycles. The summed E-state index contributed by atoms with van der Waals surface area (Å²) in [4.78, 5) is 32.5. The second-order valence-corrected chi connectivity index (χ2v) is 10.9. The van der Waals surface area contributed by atoms with Crippen molar-refractivity contribution in [3.8, 4) is 0 Å². The Morgan fingerprint density at radius 1 is 0.378 bits per heavy atom. The number of carbonyl (C=O) groups excluding carboxylic acids is 2. The second kappa shape index (κ2) is 37.0. The van der Waals surface area contributed by atoms with E-state index < -0.39 is 11.9 Å². The summed E-state index contributed by atoms with van der Waals surface area (Å²) in [6.45, 7) is 4.46. The average Bonchev–Trinajstić information content (AvgIpc) is 3.04. The van der Waals surface area contributed by atoms with Gasteiger partial charge in [0, 0.05) is 17.9 Å². The summed E-state index contributed by atoms with van der Waals surface area (Å²) in [7, 11) is 0. The maximum Gasteiger partial charge on any atom is 0.346 e. The van der Waals surface area contributed by atoms with E-state index in [-0.39, 0.29) is 12.8 Å². The Labute approximate surface area is 275 Å². The Hall–Kier alpha value is -3.18. The number of unbranched alkanes of at least 4 members (excludes halogenated alkanes) is 8. The summed E-state index contributed by atoms with van der Waals surface area (Å²) in [6, 6.07) is 0. The van der Waals surface area contributed by atoms with Gasteiger partial charge in [-0.2, -0.15) is 0 Å². The number of hydrogen-bond acceptors (Lipinski definition) is 5. The molecule has 0 aliphatic carbocycles. The highest BCUT2D eigenvalue weighted by Crippen LogP contribution is 2.05. The van der Waals surface area contributed by atoms with Gasteiger partial charge in [0.1, 0.15) is 0 Å². The second-order valence-electron chi connectivity index (χ2n) is 10.9. The minimum absolute atomic E-state index is 0.196. The first-order chi connectivity index (χ1) is 22.2. The number of allylic oxidation sites excluding steroid dienone is 16. The molecule has 5 nitrogen and oxygen atoms in total. The van der Waals surface area contributed by atoms with E-state index in [9.17, 15) is 9.59 Å². The van der Waals surface area contributed by atoms with E-state index in [0.29, 0.717) is 12.8 Å². The lowest BCUT2D eigenvalue weighted by molar-refractivity contribution is -0.459. The van der Waals surface area contributed by atoms with Crippen LogP contribution < -0.4 is 0 Å². The van der Waals surface area contributed by atoms with Gasteiger partial charge in [-0.15, -0.1) is 0 Å². The van der Waals surface area contributed by atoms with Crippen LogP contribution >= 0.6 is 0 Å². The molecular formula is C40H62O5. The highest BCUT2D eigenvalue weighted by Gasteiger charge is 2.08. The van der Waals surface area contributed by atoms with Crippen molar-refractivity contribution in [3.05, 3.63) is 97.2 Å². The summed E-state index contributed by atoms with van der Waals surface area (Å²) in [5.74, 6) is -1.11. The fourth-order valence-corrected chi connectivity index (χ4v) is 4.03. The zero-order chi connectivity index (χ0) is 32.7. The predicted octanol–water partition coefficient (Wildman–Crippen LogP) is 12.2. The van der Waals surface area contributed by atoms with Gasteiger partial charge in [-0.25, -0.2) is 9.59 Å². The molecule has 0 aliphatic rings. The van der Waals surface area contributed by atoms with Crippen molar-refractivity contribution in [3.63, 3.8) is 0 Å². The van der Waals surface area contributed by atoms with Gasteiger partial charge >= 0.3 is 11.9 Å². The van der Waals surface area contributed by atoms with Gasteiger partial charge in [-0.05, 0) is 89.9 Å². The molecule has 0 heterocycles. The van der Waals surface area contributed by atoms with Crippen LogP contribution in [0.1, 0.15) is 142 Å². The van der Waals surface area contributed by atoms with Gasteiger partial charge in [0.15, 0.2) is 0 Å². The molecule has 0 fully saturated rings. The molecule has 0 amide bonds. The Balaban J connectivity index is 3.60. The molecule has 0 bridgehead atoms. The average molecular weight is 623 g/mol. The van der Waals surface area contributed by atoms with Crippen molar-refractivity contribution in [2.24, 2.45) is 0 Å². The minimum atomic E-state index is -0.556. The zero-order valence-corrected chi connectivity index (χ0v) is 28.4. The molecule has 0 rings (SSSR count). The fourth-order valence-electron chi connectivity index (χ4n) is 4.03. The largest absolute Gasteiger partial charge is 0.346 e. The summed E-state index contributed by atoms with van der Waals surface area (Å²) in [5.41, 5.74) is 0. The highest BCUT2D eigenvalue weighted by molar-refractivity contribution is 5.69. The van der Waals surface area contributed by atoms with Crippen molar-refractivity contribution < 1.29 is 24.4 Å². The fraction of sp³-hybridized carbons (Fsp3) is 0.550. The molecule has 0 radical (unpaired) electrons. The molecule has 0 aliphatic heterocycles. The summed E-state index contributed by atoms with van der Waals surface area (Å²) in [6.07, 6.45) is 53.7. The SMILES string of the molecule is CCCCCC=CCC=CCC=CCC=CCCCC(=O)OOOC(=O)CCCC=CCC=CCC=CCC=CCCCCC. The zero-order valence-electron chi connectivity index (χ0n) is 28.4. The molecule has 5 heteroatoms. The molecule has 0 unspecified atom stereocenters. The number of rotatable bonds is 30. The van der Waals surface area contributed by atoms with Gasteiger partial charge in [0.2, 0.25) is 0 Å². The Bertz CT molecular complexity index is 843. The first-order valence-electron chi connectivity index (χ1n) is 17.5. The molecule has 0 N–H and O–H groups in total. The molecule has 252 valence electrons. The van der Waals surface area contributed by atoms with Crippen molar-refractivity contribution >= 4 is 11.9 Å². The van der Waals surface area contributed by atoms with Crippen LogP contribution in [0.3, 0.4) is 0 Å². The third kappa shape index (κ3) is 36.9. The van der Waals surface area contributed by atoms with Crippen LogP contribution in [0.15, 0.2) is 97.2 Å². The van der Waals surface area contributed by atoms with E-state index in [1.807, 2.05) is 0 Å². The van der Waals surface area contributed by atoms with E-state index in [1.54, 1.807) is 0 Å². The Morgan fingerprint density at radius 3 is 0.933 bits per heavy atom. The normalized spacial score (nSPS) is 12.7. The third-order valence-electron chi connectivity index (χ3n) is 6.67. The van der Waals surface area contributed by atoms with Crippen LogP contribution in [0.5, 0.6) is 0 Å². The van der Waals surface area contributed by atoms with Crippen molar-refractivity contribution in [1.29, 1.82) is 0 Å². The van der Waals surface area contributed by atoms with E-state index >= 15 is 0 Å². The van der Waals surface area contributed by atoms with Crippen molar-refractivity contribution in [2.75, 3.05) is 0 Å². The molecule has 0 aromatic rings. The summed E-state index contributed by atoms with van der Waals surface area (Å²) in [5, 5.41) is 4.35. The minimum Gasteiger partial charge on any atom is -0.260 e. The first kappa shape index (κ1) is 41.8. The lowest BCUT2D eigenvalue weighted by Gasteiger charge is -2.01. The Morgan fingerprint density at radius 2 is 0.644 bits per heavy atom. The number of carbonyl (C=O) groups is 2. The Kier molecular flexibility index (Phi) is 34.4. The van der Waals surface area contributed by atoms with Crippen LogP contribution in [-0.4, -0.2) is 11.9 Å². The molecule has 0 spiro atoms. The number of hydrogen-bond donors (Lipinski definition) is 0. The van der Waals surface area contributed by atoms with Crippen LogP contribution in [0.2, 0.25) is 0 Å². The summed E-state index contributed by atoms with van der Waals surface area (Å²) >= 11 is 0. The molecule has 45 heavy (non-hydrogen) atoms. The smallest absolute Gasteiger partial charge is 0.260 e. The topological polar surface area (TPSA) is 61.8 Å². The first-order valence-corrected chi connectivity index (χ1v) is 17.5. The van der Waals surface area contributed by atoms with Crippen LogP contribution in [0.4, 0.5) is 0 Å². The molecule has 0 atom stereocenters. The molecular weight excluding hydrogens is 560 g/mol. The van der Waals surface area contributed by atoms with Crippen LogP contribution in [0.25, 0.3) is 0 Å². The van der Waals surface area contributed by atoms with E-state index in [4.69, 9.17) is 0 Å². The van der Waals surface area contributed by atoms with Gasteiger partial charge in [0.05, 0.1) is 0 Å². The van der Waals surface area contributed by atoms with E-state index in [0.717, 1.165) is 51.4 Å². The van der Waals surface area contributed by atoms with Crippen LogP contribution in [0, 0.1) is 0 Å². The third-order valence-corrected chi connectivity index (χ3v) is 6.67. The van der Waals surface area contributed by atoms with Crippen LogP contribution in [-0.2, 0) is 24.4 Å². The van der Waals surface area contributed by atoms with Gasteiger partial charge < -0.3 is 0 Å². The maximum absolute atomic E-state index is 11.7. The monoisotopic (exact) mass is 622 g/mol. The predicted molar refractivity (Wildman–Crippen MR) is 190 cm³/mol. The highest BCUT2D eigenvalue weighted by atomic mass is 17.5. The van der Waals surface area contributed by atoms with Crippen molar-refractivity contribution in [2.45, 2.75) is 142 Å². The maximum atomic E-state index is 11.7. The van der Waals surface area contributed by atoms with Crippen molar-refractivity contribution in [1.82, 2.24) is 0 Å². The summed E-state index contributed by atoms with van der Waals surface area (Å²) < 4.78 is 0. The molecule has 0 aromatic carbocycles. The molecule has 0 saturated heterocycles. The standard InChI is InChI=1S/C40H62O5/c1-3-5-7-9-11-13-15-17-19-21-23-25-27-29-31-33-35-37-39(41)43-45-44-40(42)38-36-34-32-30-28-26-24-22-20-18-16-14-12-10-8-6-4-2/h11-14,17-20,23-26,29-32H,3-10,15-16,21-22,27-28,33-38H2,1-2H3. The van der Waals surface area contributed by atoms with E-state index in [1.165, 1.54) is 51.4 Å².